The van der Waals surface area contributed by atoms with Gasteiger partial charge in [0.15, 0.2) is 10.6 Å². The first-order chi connectivity index (χ1) is 14.0. The van der Waals surface area contributed by atoms with Crippen LogP contribution in [0.4, 0.5) is 0 Å². The summed E-state index contributed by atoms with van der Waals surface area (Å²) in [5, 5.41) is 7.98. The third-order valence-corrected chi connectivity index (χ3v) is 5.02. The quantitative estimate of drug-likeness (QED) is 0.392. The fraction of sp³-hybridized carbons (Fsp3) is 0.190. The number of aromatic nitrogens is 3. The highest BCUT2D eigenvalue weighted by Crippen LogP contribution is 2.28. The van der Waals surface area contributed by atoms with E-state index in [1.807, 2.05) is 50.2 Å². The Kier molecular flexibility index (Phi) is 4.94. The Hall–Kier alpha value is -3.39. The van der Waals surface area contributed by atoms with Crippen LogP contribution in [0.3, 0.4) is 0 Å². The van der Waals surface area contributed by atoms with Crippen molar-refractivity contribution in [2.24, 2.45) is 0 Å². The third-order valence-electron chi connectivity index (χ3n) is 4.75. The van der Waals surface area contributed by atoms with Crippen LogP contribution in [-0.4, -0.2) is 21.9 Å². The monoisotopic (exact) mass is 409 g/mol. The number of rotatable bonds is 5. The summed E-state index contributed by atoms with van der Waals surface area (Å²) in [6.45, 7) is 3.92. The molecule has 0 spiro atoms. The van der Waals surface area contributed by atoms with E-state index in [2.05, 4.69) is 10.2 Å². The highest BCUT2D eigenvalue weighted by Gasteiger charge is 2.13. The van der Waals surface area contributed by atoms with E-state index in [4.69, 9.17) is 26.1 Å². The molecular weight excluding hydrogens is 390 g/mol. The molecule has 4 rings (SSSR count). The molecule has 0 radical (unpaired) electrons. The van der Waals surface area contributed by atoms with Crippen LogP contribution in [0.1, 0.15) is 17.0 Å². The first-order valence-electron chi connectivity index (χ1n) is 8.95. The Balaban J connectivity index is 1.66. The number of hydrogen-bond acceptors (Lipinski definition) is 6. The van der Waals surface area contributed by atoms with Crippen LogP contribution >= 0.6 is 12.2 Å². The minimum atomic E-state index is -0.379. The van der Waals surface area contributed by atoms with Gasteiger partial charge < -0.3 is 13.9 Å². The van der Waals surface area contributed by atoms with Crippen molar-refractivity contribution in [3.63, 3.8) is 0 Å². The summed E-state index contributed by atoms with van der Waals surface area (Å²) in [4.78, 5) is 11.8. The van der Waals surface area contributed by atoms with Gasteiger partial charge in [0, 0.05) is 17.0 Å². The number of hydrogen-bond donors (Lipinski definition) is 1. The molecule has 148 valence electrons. The normalized spacial score (nSPS) is 11.0. The summed E-state index contributed by atoms with van der Waals surface area (Å²) in [5.74, 6) is 1.98. The van der Waals surface area contributed by atoms with Crippen LogP contribution in [0.15, 0.2) is 51.7 Å². The van der Waals surface area contributed by atoms with Crippen molar-refractivity contribution in [2.75, 3.05) is 7.11 Å². The minimum absolute atomic E-state index is 0.182. The average molecular weight is 409 g/mol. The van der Waals surface area contributed by atoms with Gasteiger partial charge in [-0.2, -0.15) is 5.10 Å². The van der Waals surface area contributed by atoms with Crippen LogP contribution in [0, 0.1) is 18.6 Å². The molecule has 0 aliphatic carbocycles. The maximum Gasteiger partial charge on any atom is 0.336 e. The molecule has 8 heteroatoms. The van der Waals surface area contributed by atoms with Gasteiger partial charge in [-0.05, 0) is 68.0 Å². The topological polar surface area (TPSA) is 82.3 Å². The van der Waals surface area contributed by atoms with Crippen molar-refractivity contribution in [3.05, 3.63) is 74.6 Å². The summed E-state index contributed by atoms with van der Waals surface area (Å²) in [6.07, 6.45) is 0. The second-order valence-corrected chi connectivity index (χ2v) is 6.97. The molecule has 0 bridgehead atoms. The zero-order valence-electron chi connectivity index (χ0n) is 16.2. The summed E-state index contributed by atoms with van der Waals surface area (Å²) in [6, 6.07) is 12.7. The zero-order chi connectivity index (χ0) is 20.5. The number of nitrogens with zero attached hydrogens (tertiary/aromatic N) is 2. The molecule has 2 heterocycles. The predicted octanol–water partition coefficient (Wildman–Crippen LogP) is 4.24. The van der Waals surface area contributed by atoms with Gasteiger partial charge in [-0.15, -0.1) is 0 Å². The molecule has 1 N–H and O–H groups in total. The van der Waals surface area contributed by atoms with E-state index in [9.17, 15) is 4.79 Å². The van der Waals surface area contributed by atoms with Crippen LogP contribution in [0.25, 0.3) is 16.7 Å². The number of ether oxygens (including phenoxy) is 2. The van der Waals surface area contributed by atoms with E-state index in [0.29, 0.717) is 21.9 Å². The number of aryl methyl sites for hydroxylation is 2. The van der Waals surface area contributed by atoms with Gasteiger partial charge in [0.1, 0.15) is 23.7 Å². The van der Waals surface area contributed by atoms with Crippen LogP contribution in [0.5, 0.6) is 11.5 Å². The smallest absolute Gasteiger partial charge is 0.336 e. The van der Waals surface area contributed by atoms with E-state index >= 15 is 0 Å². The number of nitrogens with one attached hydrogen (secondary N) is 1. The Morgan fingerprint density at radius 2 is 1.93 bits per heavy atom. The highest BCUT2D eigenvalue weighted by atomic mass is 32.1. The van der Waals surface area contributed by atoms with Crippen LogP contribution in [-0.2, 0) is 6.61 Å². The van der Waals surface area contributed by atoms with Gasteiger partial charge in [-0.3, -0.25) is 9.67 Å². The van der Waals surface area contributed by atoms with Gasteiger partial charge in [-0.1, -0.05) is 0 Å². The standard InChI is InChI=1S/C21H19N3O4S/c1-12-10-19(25)28-20-13(2)17(9-8-16(12)20)27-11-18-22-23-21(29)24(18)14-4-6-15(26-3)7-5-14/h4-10H,11H2,1-3H3,(H,23,29). The summed E-state index contributed by atoms with van der Waals surface area (Å²) < 4.78 is 18.9. The molecule has 0 saturated heterocycles. The third kappa shape index (κ3) is 3.54. The molecule has 2 aromatic carbocycles. The van der Waals surface area contributed by atoms with Gasteiger partial charge in [-0.25, -0.2) is 4.79 Å². The van der Waals surface area contributed by atoms with E-state index in [1.54, 1.807) is 11.7 Å². The molecule has 0 aliphatic rings. The number of methoxy groups -OCH3 is 1. The van der Waals surface area contributed by atoms with E-state index in [-0.39, 0.29) is 12.2 Å². The van der Waals surface area contributed by atoms with E-state index < -0.39 is 0 Å². The number of aromatic amines is 1. The molecule has 2 aromatic heterocycles. The van der Waals surface area contributed by atoms with E-state index in [0.717, 1.165) is 28.0 Å². The predicted molar refractivity (Wildman–Crippen MR) is 112 cm³/mol. The molecule has 0 saturated carbocycles. The molecule has 0 amide bonds. The van der Waals surface area contributed by atoms with Gasteiger partial charge in [0.25, 0.3) is 0 Å². The maximum absolute atomic E-state index is 11.8. The number of H-pyrrole nitrogens is 1. The van der Waals surface area contributed by atoms with Crippen LogP contribution < -0.4 is 15.1 Å². The van der Waals surface area contributed by atoms with Crippen molar-refractivity contribution in [1.29, 1.82) is 0 Å². The molecule has 0 atom stereocenters. The lowest BCUT2D eigenvalue weighted by Gasteiger charge is -2.12. The largest absolute Gasteiger partial charge is 0.497 e. The second kappa shape index (κ2) is 7.56. The van der Waals surface area contributed by atoms with E-state index in [1.165, 1.54) is 6.07 Å². The Morgan fingerprint density at radius 1 is 1.17 bits per heavy atom. The molecule has 7 nitrogen and oxygen atoms in total. The Morgan fingerprint density at radius 3 is 2.66 bits per heavy atom. The average Bonchev–Trinajstić information content (AvgIpc) is 3.08. The van der Waals surface area contributed by atoms with Crippen molar-refractivity contribution in [3.8, 4) is 17.2 Å². The number of fused-ring (bicyclic) bond motifs is 1. The Labute approximate surface area is 171 Å². The van der Waals surface area contributed by atoms with Gasteiger partial charge in [0.05, 0.1) is 12.8 Å². The summed E-state index contributed by atoms with van der Waals surface area (Å²) in [5.41, 5.74) is 2.62. The van der Waals surface area contributed by atoms with Gasteiger partial charge in [0.2, 0.25) is 0 Å². The van der Waals surface area contributed by atoms with Crippen molar-refractivity contribution in [1.82, 2.24) is 14.8 Å². The molecule has 0 fully saturated rings. The van der Waals surface area contributed by atoms with Crippen LogP contribution in [0.2, 0.25) is 0 Å². The molecule has 4 aromatic rings. The minimum Gasteiger partial charge on any atom is -0.497 e. The summed E-state index contributed by atoms with van der Waals surface area (Å²) >= 11 is 5.37. The molecular formula is C21H19N3O4S. The molecule has 0 unspecified atom stereocenters. The zero-order valence-corrected chi connectivity index (χ0v) is 17.0. The molecule has 0 aliphatic heterocycles. The SMILES string of the molecule is COc1ccc(-n2c(COc3ccc4c(C)cc(=O)oc4c3C)n[nH]c2=S)cc1. The van der Waals surface area contributed by atoms with Crippen molar-refractivity contribution < 1.29 is 13.9 Å². The fourth-order valence-corrected chi connectivity index (χ4v) is 3.48. The molecule has 29 heavy (non-hydrogen) atoms. The number of benzene rings is 2. The first kappa shape index (κ1) is 18.9. The lowest BCUT2D eigenvalue weighted by molar-refractivity contribution is 0.291. The van der Waals surface area contributed by atoms with Crippen molar-refractivity contribution in [2.45, 2.75) is 20.5 Å². The lowest BCUT2D eigenvalue weighted by Crippen LogP contribution is -2.07. The van der Waals surface area contributed by atoms with Crippen molar-refractivity contribution >= 4 is 23.2 Å². The highest BCUT2D eigenvalue weighted by molar-refractivity contribution is 7.71. The maximum atomic E-state index is 11.8. The fourth-order valence-electron chi connectivity index (χ4n) is 3.22. The first-order valence-corrected chi connectivity index (χ1v) is 9.36. The summed E-state index contributed by atoms with van der Waals surface area (Å²) in [7, 11) is 1.62. The second-order valence-electron chi connectivity index (χ2n) is 6.58. The lowest BCUT2D eigenvalue weighted by atomic mass is 10.1. The Bertz CT molecular complexity index is 1300. The van der Waals surface area contributed by atoms with Gasteiger partial charge >= 0.3 is 5.63 Å².